The van der Waals surface area contributed by atoms with Gasteiger partial charge in [-0.05, 0) is 12.8 Å². The zero-order valence-corrected chi connectivity index (χ0v) is 14.3. The lowest BCUT2D eigenvalue weighted by molar-refractivity contribution is -0.384. The Labute approximate surface area is 147 Å². The zero-order valence-electron chi connectivity index (χ0n) is 13.5. The van der Waals surface area contributed by atoms with Gasteiger partial charge < -0.3 is 5.73 Å². The summed E-state index contributed by atoms with van der Waals surface area (Å²) in [6.07, 6.45) is 8.14. The molecule has 9 heteroatoms. The van der Waals surface area contributed by atoms with Gasteiger partial charge in [0.1, 0.15) is 16.9 Å². The Kier molecular flexibility index (Phi) is 3.95. The van der Waals surface area contributed by atoms with Crippen molar-refractivity contribution in [2.24, 2.45) is 0 Å². The van der Waals surface area contributed by atoms with E-state index in [1.807, 2.05) is 0 Å². The average Bonchev–Trinajstić information content (AvgIpc) is 2.62. The Hall–Kier alpha value is -2.42. The van der Waals surface area contributed by atoms with Crippen LogP contribution < -0.4 is 11.3 Å². The second kappa shape index (κ2) is 6.14. The van der Waals surface area contributed by atoms with Crippen molar-refractivity contribution >= 4 is 23.1 Å². The molecule has 1 fully saturated rings. The highest BCUT2D eigenvalue weighted by atomic mass is 32.2. The normalized spacial score (nSPS) is 17.0. The van der Waals surface area contributed by atoms with Crippen molar-refractivity contribution in [2.75, 3.05) is 5.73 Å². The van der Waals surface area contributed by atoms with Crippen molar-refractivity contribution in [3.8, 4) is 11.3 Å². The van der Waals surface area contributed by atoms with E-state index in [4.69, 9.17) is 5.73 Å². The third-order valence-corrected chi connectivity index (χ3v) is 5.92. The van der Waals surface area contributed by atoms with E-state index in [2.05, 4.69) is 9.97 Å². The first-order valence-electron chi connectivity index (χ1n) is 8.24. The van der Waals surface area contributed by atoms with E-state index in [0.717, 1.165) is 31.9 Å². The summed E-state index contributed by atoms with van der Waals surface area (Å²) in [7, 11) is 0. The Balaban J connectivity index is 1.86. The van der Waals surface area contributed by atoms with Crippen molar-refractivity contribution in [2.45, 2.75) is 48.9 Å². The van der Waals surface area contributed by atoms with E-state index in [9.17, 15) is 14.9 Å². The molecule has 8 nitrogen and oxygen atoms in total. The van der Waals surface area contributed by atoms with Crippen LogP contribution in [0.2, 0.25) is 0 Å². The van der Waals surface area contributed by atoms with E-state index in [1.54, 1.807) is 10.9 Å². The fourth-order valence-electron chi connectivity index (χ4n) is 3.59. The maximum atomic E-state index is 13.0. The molecule has 0 radical (unpaired) electrons. The van der Waals surface area contributed by atoms with Crippen LogP contribution in [0.15, 0.2) is 22.3 Å². The number of thioether (sulfide) groups is 1. The van der Waals surface area contributed by atoms with Gasteiger partial charge in [0.25, 0.3) is 5.56 Å². The van der Waals surface area contributed by atoms with Gasteiger partial charge in [0.15, 0.2) is 0 Å². The van der Waals surface area contributed by atoms with Crippen molar-refractivity contribution < 1.29 is 4.92 Å². The molecule has 0 aromatic carbocycles. The van der Waals surface area contributed by atoms with Crippen LogP contribution in [-0.4, -0.2) is 19.5 Å². The molecular weight excluding hydrogens is 342 g/mol. The average molecular weight is 359 g/mol. The molecule has 0 amide bonds. The maximum absolute atomic E-state index is 13.0. The molecule has 0 atom stereocenters. The summed E-state index contributed by atoms with van der Waals surface area (Å²) in [5.74, 6) is 0.450. The van der Waals surface area contributed by atoms with E-state index in [1.165, 1.54) is 18.2 Å². The van der Waals surface area contributed by atoms with Crippen LogP contribution in [0.25, 0.3) is 11.3 Å². The molecule has 2 N–H and O–H groups in total. The lowest BCUT2D eigenvalue weighted by atomic mass is 9.95. The Morgan fingerprint density at radius 3 is 2.76 bits per heavy atom. The third kappa shape index (κ3) is 2.58. The number of nitrogens with zero attached hydrogens (tertiary/aromatic N) is 4. The van der Waals surface area contributed by atoms with Crippen molar-refractivity contribution in [3.63, 3.8) is 0 Å². The summed E-state index contributed by atoms with van der Waals surface area (Å²) in [6, 6.07) is 0.186. The Morgan fingerprint density at radius 1 is 1.28 bits per heavy atom. The van der Waals surface area contributed by atoms with Crippen molar-refractivity contribution in [1.82, 2.24) is 14.5 Å². The quantitative estimate of drug-likeness (QED) is 0.647. The van der Waals surface area contributed by atoms with Gasteiger partial charge in [-0.25, -0.2) is 9.97 Å². The number of hydrogen-bond acceptors (Lipinski definition) is 7. The third-order valence-electron chi connectivity index (χ3n) is 4.91. The van der Waals surface area contributed by atoms with Crippen LogP contribution in [0.5, 0.6) is 0 Å². The highest BCUT2D eigenvalue weighted by Gasteiger charge is 2.30. The number of pyridine rings is 1. The van der Waals surface area contributed by atoms with Gasteiger partial charge in [-0.15, -0.1) is 11.8 Å². The molecule has 3 heterocycles. The molecule has 2 aromatic heterocycles. The topological polar surface area (TPSA) is 117 Å². The van der Waals surface area contributed by atoms with Crippen LogP contribution in [0.3, 0.4) is 0 Å². The number of aromatic nitrogens is 3. The molecule has 4 rings (SSSR count). The molecule has 1 saturated carbocycles. The van der Waals surface area contributed by atoms with E-state index in [0.29, 0.717) is 27.6 Å². The molecule has 25 heavy (non-hydrogen) atoms. The van der Waals surface area contributed by atoms with Gasteiger partial charge in [0.2, 0.25) is 0 Å². The fourth-order valence-corrected chi connectivity index (χ4v) is 4.61. The Bertz CT molecular complexity index is 921. The molecule has 2 aromatic rings. The minimum Gasteiger partial charge on any atom is -0.392 e. The van der Waals surface area contributed by atoms with Crippen LogP contribution >= 0.6 is 11.8 Å². The summed E-state index contributed by atoms with van der Waals surface area (Å²) < 4.78 is 1.73. The number of rotatable bonds is 2. The van der Waals surface area contributed by atoms with Crippen LogP contribution in [0.1, 0.15) is 43.7 Å². The lowest BCUT2D eigenvalue weighted by Crippen LogP contribution is -2.30. The maximum Gasteiger partial charge on any atom is 0.311 e. The summed E-state index contributed by atoms with van der Waals surface area (Å²) in [6.45, 7) is 0. The summed E-state index contributed by atoms with van der Waals surface area (Å²) in [5.41, 5.74) is 7.09. The largest absolute Gasteiger partial charge is 0.392 e. The van der Waals surface area contributed by atoms with E-state index < -0.39 is 4.92 Å². The molecule has 0 spiro atoms. The summed E-state index contributed by atoms with van der Waals surface area (Å²) in [5, 5.41) is 11.7. The highest BCUT2D eigenvalue weighted by molar-refractivity contribution is 7.98. The molecule has 0 unspecified atom stereocenters. The molecule has 1 aliphatic heterocycles. The smallest absolute Gasteiger partial charge is 0.311 e. The van der Waals surface area contributed by atoms with Gasteiger partial charge in [-0.3, -0.25) is 19.5 Å². The minimum absolute atomic E-state index is 0.0192. The standard InChI is InChI=1S/C16H17N5O3S/c17-13-11(21(23)24)6-18-15-12(13)14-10(7-25-15)16(22)20(8-19-14)9-4-2-1-3-5-9/h6,8-9H,1-5,7H2,(H2,17,18). The monoisotopic (exact) mass is 359 g/mol. The number of hydrogen-bond donors (Lipinski definition) is 1. The molecule has 0 saturated heterocycles. The first-order chi connectivity index (χ1) is 12.1. The zero-order chi connectivity index (χ0) is 17.6. The summed E-state index contributed by atoms with van der Waals surface area (Å²) in [4.78, 5) is 32.1. The molecule has 130 valence electrons. The molecule has 2 aliphatic rings. The van der Waals surface area contributed by atoms with Crippen LogP contribution in [0, 0.1) is 10.1 Å². The van der Waals surface area contributed by atoms with Gasteiger partial charge >= 0.3 is 5.69 Å². The van der Waals surface area contributed by atoms with Crippen LogP contribution in [-0.2, 0) is 5.75 Å². The molecule has 0 bridgehead atoms. The van der Waals surface area contributed by atoms with Crippen molar-refractivity contribution in [1.29, 1.82) is 0 Å². The van der Waals surface area contributed by atoms with Crippen molar-refractivity contribution in [3.05, 3.63) is 38.6 Å². The second-order valence-electron chi connectivity index (χ2n) is 6.36. The van der Waals surface area contributed by atoms with Gasteiger partial charge in [0.05, 0.1) is 28.1 Å². The predicted octanol–water partition coefficient (Wildman–Crippen LogP) is 2.91. The number of nitrogen functional groups attached to an aromatic ring is 1. The summed E-state index contributed by atoms with van der Waals surface area (Å²) >= 11 is 1.37. The number of nitrogens with two attached hydrogens (primary N) is 1. The lowest BCUT2D eigenvalue weighted by Gasteiger charge is -2.26. The van der Waals surface area contributed by atoms with E-state index in [-0.39, 0.29) is 23.0 Å². The van der Waals surface area contributed by atoms with Crippen LogP contribution in [0.4, 0.5) is 11.4 Å². The van der Waals surface area contributed by atoms with E-state index >= 15 is 0 Å². The van der Waals surface area contributed by atoms with Gasteiger partial charge in [-0.2, -0.15) is 0 Å². The van der Waals surface area contributed by atoms with Gasteiger partial charge in [-0.1, -0.05) is 19.3 Å². The first-order valence-corrected chi connectivity index (χ1v) is 9.22. The number of fused-ring (bicyclic) bond motifs is 3. The minimum atomic E-state index is -0.565. The fraction of sp³-hybridized carbons (Fsp3) is 0.438. The number of nitro groups is 1. The number of anilines is 1. The van der Waals surface area contributed by atoms with Gasteiger partial charge in [0, 0.05) is 11.8 Å². The highest BCUT2D eigenvalue weighted by Crippen LogP contribution is 2.44. The molecular formula is C16H17N5O3S. The predicted molar refractivity (Wildman–Crippen MR) is 94.5 cm³/mol. The second-order valence-corrected chi connectivity index (χ2v) is 7.32. The molecule has 1 aliphatic carbocycles. The Morgan fingerprint density at radius 2 is 2.04 bits per heavy atom. The first kappa shape index (κ1) is 16.1. The SMILES string of the molecule is Nc1c([N+](=O)[O-])cnc2c1-c1ncn(C3CCCCC3)c(=O)c1CS2.